The van der Waals surface area contributed by atoms with Gasteiger partial charge in [-0.1, -0.05) is 6.92 Å². The van der Waals surface area contributed by atoms with Crippen LogP contribution < -0.4 is 0 Å². The van der Waals surface area contributed by atoms with E-state index in [1.165, 1.54) is 0 Å². The molecule has 0 amide bonds. The number of rotatable bonds is 5. The zero-order valence-electron chi connectivity index (χ0n) is 11.2. The third-order valence-electron chi connectivity index (χ3n) is 3.77. The third-order valence-corrected chi connectivity index (χ3v) is 3.77. The van der Waals surface area contributed by atoms with Crippen molar-refractivity contribution in [3.05, 3.63) is 18.2 Å². The predicted molar refractivity (Wildman–Crippen MR) is 68.1 cm³/mol. The molecule has 5 heteroatoms. The molecule has 1 aliphatic rings. The number of nitrogens with zero attached hydrogens (tertiary/aromatic N) is 2. The summed E-state index contributed by atoms with van der Waals surface area (Å²) in [6, 6.07) is 0. The van der Waals surface area contributed by atoms with E-state index in [4.69, 9.17) is 0 Å². The Kier molecular flexibility index (Phi) is 4.32. The molecular formula is C14H20F2N2O. The normalized spacial score (nSPS) is 19.5. The van der Waals surface area contributed by atoms with E-state index in [1.54, 1.807) is 6.20 Å². The van der Waals surface area contributed by atoms with Gasteiger partial charge in [0.25, 0.3) is 0 Å². The molecule has 0 N–H and O–H groups in total. The van der Waals surface area contributed by atoms with Crippen molar-refractivity contribution in [2.45, 2.75) is 57.9 Å². The summed E-state index contributed by atoms with van der Waals surface area (Å²) < 4.78 is 28.1. The second kappa shape index (κ2) is 5.80. The molecule has 1 heterocycles. The Bertz CT molecular complexity index is 432. The molecule has 0 spiro atoms. The van der Waals surface area contributed by atoms with E-state index in [0.29, 0.717) is 12.8 Å². The molecule has 1 aliphatic carbocycles. The van der Waals surface area contributed by atoms with Crippen LogP contribution in [0.3, 0.4) is 0 Å². The summed E-state index contributed by atoms with van der Waals surface area (Å²) in [5.41, 5.74) is 0. The van der Waals surface area contributed by atoms with Crippen LogP contribution in [0, 0.1) is 5.92 Å². The minimum atomic E-state index is -2.57. The molecule has 1 aromatic heterocycles. The second-order valence-electron chi connectivity index (χ2n) is 5.31. The zero-order chi connectivity index (χ0) is 13.9. The van der Waals surface area contributed by atoms with Gasteiger partial charge < -0.3 is 4.57 Å². The Morgan fingerprint density at radius 2 is 2.16 bits per heavy atom. The lowest BCUT2D eigenvalue weighted by Crippen LogP contribution is -2.29. The van der Waals surface area contributed by atoms with E-state index >= 15 is 0 Å². The Balaban J connectivity index is 1.92. The first-order chi connectivity index (χ1) is 9.02. The first kappa shape index (κ1) is 14.2. The van der Waals surface area contributed by atoms with Crippen molar-refractivity contribution >= 4 is 5.78 Å². The van der Waals surface area contributed by atoms with Crippen molar-refractivity contribution in [2.75, 3.05) is 0 Å². The van der Waals surface area contributed by atoms with Gasteiger partial charge in [0.2, 0.25) is 5.92 Å². The fraction of sp³-hybridized carbons (Fsp3) is 0.714. The number of carbonyl (C=O) groups excluding carboxylic acids is 1. The summed E-state index contributed by atoms with van der Waals surface area (Å²) in [6.07, 6.45) is 5.09. The van der Waals surface area contributed by atoms with Gasteiger partial charge in [-0.3, -0.25) is 4.79 Å². The quantitative estimate of drug-likeness (QED) is 0.823. The van der Waals surface area contributed by atoms with Gasteiger partial charge >= 0.3 is 0 Å². The van der Waals surface area contributed by atoms with Gasteiger partial charge in [0.1, 0.15) is 11.6 Å². The van der Waals surface area contributed by atoms with Crippen molar-refractivity contribution in [1.82, 2.24) is 9.55 Å². The van der Waals surface area contributed by atoms with Crippen molar-refractivity contribution in [3.63, 3.8) is 0 Å². The van der Waals surface area contributed by atoms with E-state index in [9.17, 15) is 13.6 Å². The standard InChI is InChI=1S/C14H20F2N2O/c1-2-8-18-9-7-17-13(18)10-12(19)11-3-5-14(15,16)6-4-11/h7,9,11H,2-6,8,10H2,1H3. The Hall–Kier alpha value is -1.26. The predicted octanol–water partition coefficient (Wildman–Crippen LogP) is 3.23. The molecule has 1 saturated carbocycles. The van der Waals surface area contributed by atoms with Gasteiger partial charge in [-0.15, -0.1) is 0 Å². The van der Waals surface area contributed by atoms with E-state index < -0.39 is 5.92 Å². The Morgan fingerprint density at radius 3 is 2.79 bits per heavy atom. The fourth-order valence-electron chi connectivity index (χ4n) is 2.61. The van der Waals surface area contributed by atoms with Crippen LogP contribution in [0.15, 0.2) is 12.4 Å². The molecule has 0 aliphatic heterocycles. The highest BCUT2D eigenvalue weighted by molar-refractivity contribution is 5.82. The van der Waals surface area contributed by atoms with Crippen LogP contribution in [0.1, 0.15) is 44.9 Å². The van der Waals surface area contributed by atoms with Crippen molar-refractivity contribution in [2.24, 2.45) is 5.92 Å². The highest BCUT2D eigenvalue weighted by atomic mass is 19.3. The maximum Gasteiger partial charge on any atom is 0.248 e. The molecule has 0 bridgehead atoms. The van der Waals surface area contributed by atoms with E-state index in [-0.39, 0.29) is 31.0 Å². The Labute approximate surface area is 112 Å². The molecule has 106 valence electrons. The van der Waals surface area contributed by atoms with E-state index in [0.717, 1.165) is 18.8 Å². The molecule has 1 aromatic rings. The summed E-state index contributed by atoms with van der Waals surface area (Å²) in [5.74, 6) is -1.98. The van der Waals surface area contributed by atoms with E-state index in [2.05, 4.69) is 11.9 Å². The number of carbonyl (C=O) groups is 1. The van der Waals surface area contributed by atoms with Gasteiger partial charge in [-0.25, -0.2) is 13.8 Å². The minimum absolute atomic E-state index is 0.0547. The number of hydrogen-bond donors (Lipinski definition) is 0. The number of Topliss-reactive ketones (excluding diaryl/α,β-unsaturated/α-hetero) is 1. The summed E-state index contributed by atoms with van der Waals surface area (Å²) >= 11 is 0. The van der Waals surface area contributed by atoms with Gasteiger partial charge in [0, 0.05) is 37.7 Å². The number of alkyl halides is 2. The van der Waals surface area contributed by atoms with Crippen molar-refractivity contribution < 1.29 is 13.6 Å². The minimum Gasteiger partial charge on any atom is -0.335 e. The first-order valence-electron chi connectivity index (χ1n) is 6.92. The van der Waals surface area contributed by atoms with Gasteiger partial charge in [-0.2, -0.15) is 0 Å². The summed E-state index contributed by atoms with van der Waals surface area (Å²) in [5, 5.41) is 0. The number of aromatic nitrogens is 2. The van der Waals surface area contributed by atoms with Crippen LogP contribution in [0.4, 0.5) is 8.78 Å². The maximum atomic E-state index is 13.1. The summed E-state index contributed by atoms with van der Waals surface area (Å²) in [7, 11) is 0. The Morgan fingerprint density at radius 1 is 1.47 bits per heavy atom. The van der Waals surface area contributed by atoms with E-state index in [1.807, 2.05) is 10.8 Å². The van der Waals surface area contributed by atoms with Crippen LogP contribution in [0.5, 0.6) is 0 Å². The number of imidazole rings is 1. The lowest BCUT2D eigenvalue weighted by Gasteiger charge is -2.27. The molecular weight excluding hydrogens is 250 g/mol. The maximum absolute atomic E-state index is 13.1. The fourth-order valence-corrected chi connectivity index (χ4v) is 2.61. The number of ketones is 1. The lowest BCUT2D eigenvalue weighted by molar-refractivity contribution is -0.126. The number of aryl methyl sites for hydroxylation is 1. The van der Waals surface area contributed by atoms with Gasteiger partial charge in [-0.05, 0) is 19.3 Å². The highest BCUT2D eigenvalue weighted by Gasteiger charge is 2.37. The van der Waals surface area contributed by atoms with Gasteiger partial charge in [0.05, 0.1) is 6.42 Å². The average molecular weight is 270 g/mol. The molecule has 19 heavy (non-hydrogen) atoms. The summed E-state index contributed by atoms with van der Waals surface area (Å²) in [4.78, 5) is 16.3. The smallest absolute Gasteiger partial charge is 0.248 e. The van der Waals surface area contributed by atoms with Crippen molar-refractivity contribution in [1.29, 1.82) is 0 Å². The first-order valence-corrected chi connectivity index (χ1v) is 6.92. The van der Waals surface area contributed by atoms with Crippen LogP contribution >= 0.6 is 0 Å². The van der Waals surface area contributed by atoms with Crippen LogP contribution in [0.2, 0.25) is 0 Å². The second-order valence-corrected chi connectivity index (χ2v) is 5.31. The number of halogens is 2. The van der Waals surface area contributed by atoms with Crippen LogP contribution in [0.25, 0.3) is 0 Å². The monoisotopic (exact) mass is 270 g/mol. The zero-order valence-corrected chi connectivity index (χ0v) is 11.2. The molecule has 0 unspecified atom stereocenters. The molecule has 0 aromatic carbocycles. The molecule has 1 fully saturated rings. The molecule has 2 rings (SSSR count). The van der Waals surface area contributed by atoms with Crippen molar-refractivity contribution in [3.8, 4) is 0 Å². The SMILES string of the molecule is CCCn1ccnc1CC(=O)C1CCC(F)(F)CC1. The largest absolute Gasteiger partial charge is 0.335 e. The third kappa shape index (κ3) is 3.61. The van der Waals surface area contributed by atoms with Crippen LogP contribution in [-0.2, 0) is 17.8 Å². The highest BCUT2D eigenvalue weighted by Crippen LogP contribution is 2.36. The molecule has 0 atom stereocenters. The summed E-state index contributed by atoms with van der Waals surface area (Å²) in [6.45, 7) is 2.90. The van der Waals surface area contributed by atoms with Gasteiger partial charge in [0.15, 0.2) is 0 Å². The van der Waals surface area contributed by atoms with Crippen LogP contribution in [-0.4, -0.2) is 21.3 Å². The topological polar surface area (TPSA) is 34.9 Å². The molecule has 0 saturated heterocycles. The molecule has 0 radical (unpaired) electrons. The average Bonchev–Trinajstić information content (AvgIpc) is 2.77. The number of hydrogen-bond acceptors (Lipinski definition) is 2. The lowest BCUT2D eigenvalue weighted by atomic mass is 9.83. The molecule has 3 nitrogen and oxygen atoms in total.